The van der Waals surface area contributed by atoms with E-state index in [4.69, 9.17) is 4.74 Å². The largest absolute Gasteiger partial charge is 0.365 e. The van der Waals surface area contributed by atoms with Crippen LogP contribution in [-0.4, -0.2) is 28.5 Å². The number of hydrogen-bond donors (Lipinski definition) is 1. The monoisotopic (exact) mass is 333 g/mol. The van der Waals surface area contributed by atoms with Gasteiger partial charge in [-0.15, -0.1) is 17.9 Å². The molecule has 7 nitrogen and oxygen atoms in total. The number of hydrogen-bond acceptors (Lipinski definition) is 6. The van der Waals surface area contributed by atoms with E-state index >= 15 is 0 Å². The number of anilines is 1. The van der Waals surface area contributed by atoms with Crippen LogP contribution < -0.4 is 5.32 Å². The topological polar surface area (TPSA) is 94.4 Å². The number of non-ortho nitro benzene ring substituents is 1. The number of aromatic nitrogens is 1. The van der Waals surface area contributed by atoms with Gasteiger partial charge in [-0.25, -0.2) is 4.98 Å². The van der Waals surface area contributed by atoms with Crippen LogP contribution in [0.25, 0.3) is 11.3 Å². The van der Waals surface area contributed by atoms with E-state index in [0.29, 0.717) is 16.4 Å². The van der Waals surface area contributed by atoms with Crippen LogP contribution in [0.3, 0.4) is 0 Å². The van der Waals surface area contributed by atoms with Crippen molar-refractivity contribution in [3.8, 4) is 11.3 Å². The van der Waals surface area contributed by atoms with Crippen LogP contribution in [0.2, 0.25) is 0 Å². The van der Waals surface area contributed by atoms with E-state index in [-0.39, 0.29) is 18.2 Å². The van der Waals surface area contributed by atoms with Gasteiger partial charge in [0.05, 0.1) is 17.2 Å². The quantitative estimate of drug-likeness (QED) is 0.477. The number of amides is 1. The number of benzene rings is 1. The summed E-state index contributed by atoms with van der Waals surface area (Å²) in [5.41, 5.74) is 1.17. The first-order chi connectivity index (χ1) is 11.0. The van der Waals surface area contributed by atoms with Gasteiger partial charge in [-0.1, -0.05) is 18.2 Å². The van der Waals surface area contributed by atoms with Gasteiger partial charge in [0.1, 0.15) is 6.10 Å². The van der Waals surface area contributed by atoms with Crippen LogP contribution in [-0.2, 0) is 9.53 Å². The van der Waals surface area contributed by atoms with Crippen LogP contribution in [0.4, 0.5) is 10.8 Å². The Hall–Kier alpha value is -2.58. The van der Waals surface area contributed by atoms with Crippen molar-refractivity contribution in [2.45, 2.75) is 13.0 Å². The molecule has 0 spiro atoms. The zero-order valence-corrected chi connectivity index (χ0v) is 13.2. The third-order valence-corrected chi connectivity index (χ3v) is 3.68. The Morgan fingerprint density at radius 1 is 1.61 bits per heavy atom. The van der Waals surface area contributed by atoms with Gasteiger partial charge >= 0.3 is 0 Å². The molecule has 1 aromatic carbocycles. The maximum atomic E-state index is 11.9. The Labute approximate surface area is 136 Å². The molecule has 0 fully saturated rings. The molecule has 2 aromatic rings. The van der Waals surface area contributed by atoms with Gasteiger partial charge in [-0.05, 0) is 6.92 Å². The fourth-order valence-electron chi connectivity index (χ4n) is 1.74. The second-order valence-electron chi connectivity index (χ2n) is 4.60. The highest BCUT2D eigenvalue weighted by Gasteiger charge is 2.15. The van der Waals surface area contributed by atoms with E-state index in [1.807, 2.05) is 0 Å². The normalized spacial score (nSPS) is 11.7. The molecule has 0 saturated carbocycles. The molecule has 1 N–H and O–H groups in total. The van der Waals surface area contributed by atoms with E-state index < -0.39 is 11.0 Å². The minimum atomic E-state index is -0.627. The Morgan fingerprint density at radius 3 is 3.09 bits per heavy atom. The summed E-state index contributed by atoms with van der Waals surface area (Å²) in [7, 11) is 0. The number of nitrogens with zero attached hydrogens (tertiary/aromatic N) is 2. The summed E-state index contributed by atoms with van der Waals surface area (Å²) < 4.78 is 5.23. The molecule has 1 amide bonds. The molecular formula is C15H15N3O4S. The van der Waals surface area contributed by atoms with Gasteiger partial charge in [0.15, 0.2) is 5.13 Å². The lowest BCUT2D eigenvalue weighted by Gasteiger charge is -2.10. The van der Waals surface area contributed by atoms with Gasteiger partial charge in [0, 0.05) is 23.1 Å². The average Bonchev–Trinajstić information content (AvgIpc) is 3.01. The van der Waals surface area contributed by atoms with Crippen LogP contribution in [0.15, 0.2) is 42.3 Å². The maximum Gasteiger partial charge on any atom is 0.270 e. The van der Waals surface area contributed by atoms with Crippen molar-refractivity contribution < 1.29 is 14.5 Å². The number of carbonyl (C=O) groups excluding carboxylic acids is 1. The summed E-state index contributed by atoms with van der Waals surface area (Å²) in [6, 6.07) is 6.17. The highest BCUT2D eigenvalue weighted by molar-refractivity contribution is 7.14. The Kier molecular flexibility index (Phi) is 5.56. The third kappa shape index (κ3) is 4.44. The summed E-state index contributed by atoms with van der Waals surface area (Å²) in [5.74, 6) is -0.313. The Bertz CT molecular complexity index is 729. The summed E-state index contributed by atoms with van der Waals surface area (Å²) in [6.45, 7) is 5.43. The average molecular weight is 333 g/mol. The molecular weight excluding hydrogens is 318 g/mol. The maximum absolute atomic E-state index is 11.9. The van der Waals surface area contributed by atoms with Crippen LogP contribution >= 0.6 is 11.3 Å². The molecule has 0 aliphatic carbocycles. The smallest absolute Gasteiger partial charge is 0.270 e. The lowest BCUT2D eigenvalue weighted by molar-refractivity contribution is -0.384. The highest BCUT2D eigenvalue weighted by Crippen LogP contribution is 2.27. The molecule has 120 valence electrons. The lowest BCUT2D eigenvalue weighted by Crippen LogP contribution is -2.27. The van der Waals surface area contributed by atoms with Crippen LogP contribution in [0, 0.1) is 10.1 Å². The van der Waals surface area contributed by atoms with Crippen molar-refractivity contribution in [3.05, 3.63) is 52.4 Å². The number of nitro groups is 1. The standard InChI is InChI=1S/C15H15N3O4S/c1-3-7-22-10(2)14(19)17-15-16-13(9-23-15)11-5-4-6-12(8-11)18(20)21/h3-6,8-10H,1,7H2,2H3,(H,16,17,19). The third-order valence-electron chi connectivity index (χ3n) is 2.92. The van der Waals surface area contributed by atoms with Crippen molar-refractivity contribution in [2.75, 3.05) is 11.9 Å². The molecule has 0 radical (unpaired) electrons. The SMILES string of the molecule is C=CCOC(C)C(=O)Nc1nc(-c2cccc([N+](=O)[O-])c2)cs1. The van der Waals surface area contributed by atoms with Crippen LogP contribution in [0.5, 0.6) is 0 Å². The minimum Gasteiger partial charge on any atom is -0.365 e. The predicted molar refractivity (Wildman–Crippen MR) is 88.4 cm³/mol. The van der Waals surface area contributed by atoms with Crippen molar-refractivity contribution in [1.82, 2.24) is 4.98 Å². The first-order valence-electron chi connectivity index (χ1n) is 6.75. The highest BCUT2D eigenvalue weighted by atomic mass is 32.1. The molecule has 1 atom stereocenters. The Balaban J connectivity index is 2.09. The van der Waals surface area contributed by atoms with Gasteiger partial charge in [-0.2, -0.15) is 0 Å². The van der Waals surface area contributed by atoms with Gasteiger partial charge in [-0.3, -0.25) is 20.2 Å². The number of nitrogens with one attached hydrogen (secondary N) is 1. The molecule has 0 bridgehead atoms. The van der Waals surface area contributed by atoms with E-state index in [2.05, 4.69) is 16.9 Å². The van der Waals surface area contributed by atoms with Gasteiger partial charge < -0.3 is 4.74 Å². The van der Waals surface area contributed by atoms with Crippen molar-refractivity contribution in [1.29, 1.82) is 0 Å². The number of carbonyl (C=O) groups is 1. The van der Waals surface area contributed by atoms with Crippen LogP contribution in [0.1, 0.15) is 6.92 Å². The minimum absolute atomic E-state index is 0.00691. The Morgan fingerprint density at radius 2 is 2.39 bits per heavy atom. The molecule has 1 aromatic heterocycles. The summed E-state index contributed by atoms with van der Waals surface area (Å²) >= 11 is 1.24. The van der Waals surface area contributed by atoms with E-state index in [1.54, 1.807) is 30.5 Å². The van der Waals surface area contributed by atoms with Crippen molar-refractivity contribution >= 4 is 28.1 Å². The van der Waals surface area contributed by atoms with Crippen molar-refractivity contribution in [3.63, 3.8) is 0 Å². The van der Waals surface area contributed by atoms with Crippen molar-refractivity contribution in [2.24, 2.45) is 0 Å². The number of rotatable bonds is 7. The molecule has 0 saturated heterocycles. The first-order valence-corrected chi connectivity index (χ1v) is 7.63. The van der Waals surface area contributed by atoms with E-state index in [9.17, 15) is 14.9 Å². The fraction of sp³-hybridized carbons (Fsp3) is 0.200. The second kappa shape index (κ2) is 7.61. The molecule has 0 aliphatic rings. The molecule has 8 heteroatoms. The molecule has 1 unspecified atom stereocenters. The van der Waals surface area contributed by atoms with Gasteiger partial charge in [0.2, 0.25) is 0 Å². The first kappa shape index (κ1) is 16.8. The fourth-order valence-corrected chi connectivity index (χ4v) is 2.46. The summed E-state index contributed by atoms with van der Waals surface area (Å²) in [6.07, 6.45) is 0.936. The predicted octanol–water partition coefficient (Wildman–Crippen LogP) is 3.25. The zero-order valence-electron chi connectivity index (χ0n) is 12.4. The molecule has 1 heterocycles. The molecule has 2 rings (SSSR count). The lowest BCUT2D eigenvalue weighted by atomic mass is 10.1. The van der Waals surface area contributed by atoms with Gasteiger partial charge in [0.25, 0.3) is 11.6 Å². The number of nitro benzene ring substituents is 1. The second-order valence-corrected chi connectivity index (χ2v) is 5.46. The molecule has 23 heavy (non-hydrogen) atoms. The van der Waals surface area contributed by atoms with E-state index in [0.717, 1.165) is 0 Å². The summed E-state index contributed by atoms with van der Waals surface area (Å²) in [4.78, 5) is 26.5. The number of thiazole rings is 1. The van der Waals surface area contributed by atoms with E-state index in [1.165, 1.54) is 23.5 Å². The summed E-state index contributed by atoms with van der Waals surface area (Å²) in [5, 5.41) is 15.6. The number of ether oxygens (including phenoxy) is 1. The zero-order chi connectivity index (χ0) is 16.8. The molecule has 0 aliphatic heterocycles.